The van der Waals surface area contributed by atoms with E-state index in [-0.39, 0.29) is 29.1 Å². The summed E-state index contributed by atoms with van der Waals surface area (Å²) in [4.78, 5) is 44.6. The van der Waals surface area contributed by atoms with Crippen LogP contribution in [0.25, 0.3) is 0 Å². The Morgan fingerprint density at radius 3 is 2.25 bits per heavy atom. The summed E-state index contributed by atoms with van der Waals surface area (Å²) in [6, 6.07) is 14.2. The van der Waals surface area contributed by atoms with Crippen LogP contribution in [0.1, 0.15) is 28.9 Å². The van der Waals surface area contributed by atoms with Gasteiger partial charge in [-0.2, -0.15) is 0 Å². The summed E-state index contributed by atoms with van der Waals surface area (Å²) in [5.74, 6) is -0.338. The Morgan fingerprint density at radius 2 is 1.64 bits per heavy atom. The van der Waals surface area contributed by atoms with Gasteiger partial charge in [0.2, 0.25) is 5.91 Å². The van der Waals surface area contributed by atoms with Crippen molar-refractivity contribution in [3.05, 3.63) is 69.8 Å². The average Bonchev–Trinajstić information content (AvgIpc) is 2.89. The van der Waals surface area contributed by atoms with Crippen LogP contribution in [-0.2, 0) is 4.79 Å². The van der Waals surface area contributed by atoms with Gasteiger partial charge in [-0.3, -0.25) is 24.6 Å². The van der Waals surface area contributed by atoms with Crippen molar-refractivity contribution in [2.75, 3.05) is 70.9 Å². The lowest BCUT2D eigenvalue weighted by Crippen LogP contribution is -2.48. The van der Waals surface area contributed by atoms with E-state index in [2.05, 4.69) is 22.2 Å². The van der Waals surface area contributed by atoms with E-state index in [0.717, 1.165) is 31.7 Å². The molecular weight excluding hydrogens is 460 g/mol. The van der Waals surface area contributed by atoms with E-state index in [4.69, 9.17) is 0 Å². The van der Waals surface area contributed by atoms with E-state index < -0.39 is 4.92 Å². The van der Waals surface area contributed by atoms with Crippen LogP contribution in [0.3, 0.4) is 0 Å². The Balaban J connectivity index is 1.51. The molecule has 1 N–H and O–H groups in total. The normalized spacial score (nSPS) is 18.1. The molecule has 4 rings (SSSR count). The zero-order chi connectivity index (χ0) is 25.7. The first-order chi connectivity index (χ1) is 17.3. The molecule has 1 unspecified atom stereocenters. The third-order valence-electron chi connectivity index (χ3n) is 7.04. The maximum Gasteiger partial charge on any atom is 0.293 e. The average molecular weight is 495 g/mol. The van der Waals surface area contributed by atoms with Gasteiger partial charge >= 0.3 is 0 Å². The maximum absolute atomic E-state index is 13.3. The number of nitro groups is 1. The number of rotatable bonds is 7. The molecule has 192 valence electrons. The van der Waals surface area contributed by atoms with Gasteiger partial charge in [0.1, 0.15) is 5.69 Å². The van der Waals surface area contributed by atoms with Gasteiger partial charge in [0.05, 0.1) is 11.0 Å². The van der Waals surface area contributed by atoms with Gasteiger partial charge < -0.3 is 20.0 Å². The first-order valence-corrected chi connectivity index (χ1v) is 12.4. The minimum atomic E-state index is -0.442. The van der Waals surface area contributed by atoms with Gasteiger partial charge in [0.25, 0.3) is 11.6 Å². The standard InChI is InChI=1S/C26H34N6O4/c1-20(33)30-14-16-31(17-15-30)24-9-8-22(18-25(24)32(35)36)26(34)27-23(21-6-4-3-5-7-21)19-29-12-10-28(2)11-13-29/h3-9,18,23H,10-17,19H2,1-2H3,(H,27,34). The van der Waals surface area contributed by atoms with Crippen molar-refractivity contribution >= 4 is 23.2 Å². The molecule has 0 bridgehead atoms. The van der Waals surface area contributed by atoms with E-state index in [9.17, 15) is 19.7 Å². The molecule has 1 atom stereocenters. The number of benzene rings is 2. The van der Waals surface area contributed by atoms with Crippen LogP contribution in [0.4, 0.5) is 11.4 Å². The van der Waals surface area contributed by atoms with E-state index >= 15 is 0 Å². The summed E-state index contributed by atoms with van der Waals surface area (Å²) in [6.45, 7) is 8.04. The molecule has 10 heteroatoms. The molecule has 2 aliphatic rings. The number of nitrogens with zero attached hydrogens (tertiary/aromatic N) is 5. The first kappa shape index (κ1) is 25.6. The number of hydrogen-bond acceptors (Lipinski definition) is 7. The largest absolute Gasteiger partial charge is 0.362 e. The summed E-state index contributed by atoms with van der Waals surface area (Å²) in [5.41, 5.74) is 1.62. The number of nitrogens with one attached hydrogen (secondary N) is 1. The third-order valence-corrected chi connectivity index (χ3v) is 7.04. The maximum atomic E-state index is 13.3. The van der Waals surface area contributed by atoms with E-state index in [1.54, 1.807) is 17.0 Å². The second-order valence-corrected chi connectivity index (χ2v) is 9.49. The van der Waals surface area contributed by atoms with Gasteiger partial charge in [-0.05, 0) is 24.7 Å². The molecule has 2 saturated heterocycles. The summed E-state index contributed by atoms with van der Waals surface area (Å²) in [7, 11) is 2.10. The molecule has 10 nitrogen and oxygen atoms in total. The number of anilines is 1. The summed E-state index contributed by atoms with van der Waals surface area (Å²) in [5, 5.41) is 15.0. The van der Waals surface area contributed by atoms with Crippen LogP contribution in [0, 0.1) is 10.1 Å². The molecule has 2 amide bonds. The monoisotopic (exact) mass is 494 g/mol. The molecular formula is C26H34N6O4. The molecule has 2 heterocycles. The Hall–Kier alpha value is -3.50. The van der Waals surface area contributed by atoms with Crippen molar-refractivity contribution in [1.82, 2.24) is 20.0 Å². The molecule has 0 saturated carbocycles. The molecule has 2 fully saturated rings. The third kappa shape index (κ3) is 6.19. The van der Waals surface area contributed by atoms with Crippen molar-refractivity contribution in [3.63, 3.8) is 0 Å². The molecule has 0 aromatic heterocycles. The lowest BCUT2D eigenvalue weighted by atomic mass is 10.0. The Bertz CT molecular complexity index is 1080. The van der Waals surface area contributed by atoms with Gasteiger partial charge in [0, 0.05) is 77.5 Å². The highest BCUT2D eigenvalue weighted by Crippen LogP contribution is 2.30. The second kappa shape index (κ2) is 11.5. The van der Waals surface area contributed by atoms with Crippen LogP contribution in [0.5, 0.6) is 0 Å². The number of hydrogen-bond donors (Lipinski definition) is 1. The highest BCUT2D eigenvalue weighted by molar-refractivity contribution is 5.96. The molecule has 2 aliphatic heterocycles. The van der Waals surface area contributed by atoms with Crippen molar-refractivity contribution in [1.29, 1.82) is 0 Å². The number of amides is 2. The number of likely N-dealkylation sites (N-methyl/N-ethyl adjacent to an activating group) is 1. The summed E-state index contributed by atoms with van der Waals surface area (Å²) in [6.07, 6.45) is 0. The van der Waals surface area contributed by atoms with Crippen molar-refractivity contribution in [2.45, 2.75) is 13.0 Å². The topological polar surface area (TPSA) is 102 Å². The van der Waals surface area contributed by atoms with Crippen molar-refractivity contribution in [3.8, 4) is 0 Å². The summed E-state index contributed by atoms with van der Waals surface area (Å²) >= 11 is 0. The van der Waals surface area contributed by atoms with E-state index in [1.807, 2.05) is 35.2 Å². The van der Waals surface area contributed by atoms with Crippen LogP contribution in [0.2, 0.25) is 0 Å². The molecule has 0 spiro atoms. The van der Waals surface area contributed by atoms with Gasteiger partial charge in [-0.15, -0.1) is 0 Å². The number of carbonyl (C=O) groups is 2. The van der Waals surface area contributed by atoms with Gasteiger partial charge in [-0.1, -0.05) is 30.3 Å². The minimum Gasteiger partial charge on any atom is -0.362 e. The van der Waals surface area contributed by atoms with Crippen molar-refractivity contribution in [2.24, 2.45) is 0 Å². The van der Waals surface area contributed by atoms with Gasteiger partial charge in [0.15, 0.2) is 0 Å². The van der Waals surface area contributed by atoms with Gasteiger partial charge in [-0.25, -0.2) is 0 Å². The lowest BCUT2D eigenvalue weighted by molar-refractivity contribution is -0.384. The smallest absolute Gasteiger partial charge is 0.293 e. The summed E-state index contributed by atoms with van der Waals surface area (Å²) < 4.78 is 0. The fourth-order valence-corrected chi connectivity index (χ4v) is 4.79. The predicted molar refractivity (Wildman–Crippen MR) is 138 cm³/mol. The predicted octanol–water partition coefficient (Wildman–Crippen LogP) is 1.98. The van der Waals surface area contributed by atoms with Crippen molar-refractivity contribution < 1.29 is 14.5 Å². The number of carbonyl (C=O) groups excluding carboxylic acids is 2. The highest BCUT2D eigenvalue weighted by atomic mass is 16.6. The first-order valence-electron chi connectivity index (χ1n) is 12.4. The zero-order valence-electron chi connectivity index (χ0n) is 20.9. The Kier molecular flexibility index (Phi) is 8.17. The highest BCUT2D eigenvalue weighted by Gasteiger charge is 2.27. The van der Waals surface area contributed by atoms with Crippen LogP contribution in [0.15, 0.2) is 48.5 Å². The Morgan fingerprint density at radius 1 is 0.972 bits per heavy atom. The van der Waals surface area contributed by atoms with E-state index in [0.29, 0.717) is 38.4 Å². The fraction of sp³-hybridized carbons (Fsp3) is 0.462. The Labute approximate surface area is 211 Å². The molecule has 36 heavy (non-hydrogen) atoms. The molecule has 0 radical (unpaired) electrons. The quantitative estimate of drug-likeness (QED) is 0.464. The SMILES string of the molecule is CC(=O)N1CCN(c2ccc(C(=O)NC(CN3CCN(C)CC3)c3ccccc3)cc2[N+](=O)[O-])CC1. The minimum absolute atomic E-state index is 0.000660. The lowest BCUT2D eigenvalue weighted by Gasteiger charge is -2.35. The fourth-order valence-electron chi connectivity index (χ4n) is 4.79. The van der Waals surface area contributed by atoms with Crippen LogP contribution >= 0.6 is 0 Å². The molecule has 2 aromatic rings. The molecule has 0 aliphatic carbocycles. The van der Waals surface area contributed by atoms with E-state index in [1.165, 1.54) is 13.0 Å². The number of piperazine rings is 2. The van der Waals surface area contributed by atoms with Crippen LogP contribution < -0.4 is 10.2 Å². The second-order valence-electron chi connectivity index (χ2n) is 9.49. The number of nitro benzene ring substituents is 1. The van der Waals surface area contributed by atoms with Crippen LogP contribution in [-0.4, -0.2) is 97.4 Å². The molecule has 2 aromatic carbocycles. The zero-order valence-corrected chi connectivity index (χ0v) is 20.9.